The largest absolute Gasteiger partial charge is 0.384 e. The van der Waals surface area contributed by atoms with Crippen LogP contribution in [-0.2, 0) is 0 Å². The summed E-state index contributed by atoms with van der Waals surface area (Å²) in [5.41, 5.74) is 4.85. The third kappa shape index (κ3) is 2.85. The number of aliphatic hydroxyl groups excluding tert-OH is 1. The van der Waals surface area contributed by atoms with Crippen molar-refractivity contribution in [2.45, 2.75) is 20.0 Å². The summed E-state index contributed by atoms with van der Waals surface area (Å²) >= 11 is 3.48. The second-order valence-electron chi connectivity index (χ2n) is 5.32. The Morgan fingerprint density at radius 2 is 1.67 bits per heavy atom. The second kappa shape index (κ2) is 5.58. The molecule has 3 heteroatoms. The van der Waals surface area contributed by atoms with Crippen LogP contribution in [0.2, 0.25) is 0 Å². The van der Waals surface area contributed by atoms with Gasteiger partial charge in [-0.25, -0.2) is 0 Å². The van der Waals surface area contributed by atoms with Gasteiger partial charge >= 0.3 is 0 Å². The number of hydrogen-bond donors (Lipinski definition) is 1. The number of aryl methyl sites for hydroxylation is 2. The predicted molar refractivity (Wildman–Crippen MR) is 89.4 cm³/mol. The molecule has 0 fully saturated rings. The molecule has 1 unspecified atom stereocenters. The zero-order valence-corrected chi connectivity index (χ0v) is 13.6. The number of fused-ring (bicyclic) bond motifs is 1. The standard InChI is InChI=1S/C18H16BrNO/c1-11-9-14(5-7-16(11)19)18(21)15-6-8-17-13(10-15)4-3-12(2)20-17/h3-10,18,21H,1-2H3. The van der Waals surface area contributed by atoms with Gasteiger partial charge in [-0.3, -0.25) is 4.98 Å². The first-order valence-electron chi connectivity index (χ1n) is 6.86. The monoisotopic (exact) mass is 341 g/mol. The van der Waals surface area contributed by atoms with Crippen LogP contribution in [0.4, 0.5) is 0 Å². The van der Waals surface area contributed by atoms with E-state index < -0.39 is 6.10 Å². The zero-order chi connectivity index (χ0) is 15.0. The van der Waals surface area contributed by atoms with Crippen molar-refractivity contribution < 1.29 is 5.11 Å². The molecule has 0 saturated carbocycles. The van der Waals surface area contributed by atoms with Crippen LogP contribution in [0.5, 0.6) is 0 Å². The highest BCUT2D eigenvalue weighted by Crippen LogP contribution is 2.27. The van der Waals surface area contributed by atoms with E-state index in [0.29, 0.717) is 0 Å². The average Bonchev–Trinajstić information content (AvgIpc) is 2.49. The summed E-state index contributed by atoms with van der Waals surface area (Å²) in [5.74, 6) is 0. The maximum Gasteiger partial charge on any atom is 0.104 e. The van der Waals surface area contributed by atoms with Crippen molar-refractivity contribution in [3.05, 3.63) is 75.4 Å². The lowest BCUT2D eigenvalue weighted by Crippen LogP contribution is -2.00. The fourth-order valence-electron chi connectivity index (χ4n) is 2.45. The summed E-state index contributed by atoms with van der Waals surface area (Å²) in [4.78, 5) is 4.49. The maximum absolute atomic E-state index is 10.6. The molecule has 21 heavy (non-hydrogen) atoms. The Kier molecular flexibility index (Phi) is 3.79. The highest BCUT2D eigenvalue weighted by atomic mass is 79.9. The van der Waals surface area contributed by atoms with Crippen molar-refractivity contribution in [2.24, 2.45) is 0 Å². The van der Waals surface area contributed by atoms with Crippen molar-refractivity contribution in [3.8, 4) is 0 Å². The summed E-state index contributed by atoms with van der Waals surface area (Å²) in [6, 6.07) is 15.9. The Morgan fingerprint density at radius 1 is 0.952 bits per heavy atom. The van der Waals surface area contributed by atoms with Gasteiger partial charge in [0.05, 0.1) is 5.52 Å². The van der Waals surface area contributed by atoms with Crippen molar-refractivity contribution in [2.75, 3.05) is 0 Å². The van der Waals surface area contributed by atoms with E-state index in [1.54, 1.807) is 0 Å². The fourth-order valence-corrected chi connectivity index (χ4v) is 2.69. The van der Waals surface area contributed by atoms with Crippen LogP contribution >= 0.6 is 15.9 Å². The zero-order valence-electron chi connectivity index (χ0n) is 12.0. The van der Waals surface area contributed by atoms with Gasteiger partial charge in [0.25, 0.3) is 0 Å². The van der Waals surface area contributed by atoms with Crippen LogP contribution in [0.1, 0.15) is 28.5 Å². The van der Waals surface area contributed by atoms with Crippen LogP contribution in [0, 0.1) is 13.8 Å². The van der Waals surface area contributed by atoms with E-state index in [0.717, 1.165) is 37.8 Å². The van der Waals surface area contributed by atoms with E-state index in [-0.39, 0.29) is 0 Å². The highest BCUT2D eigenvalue weighted by molar-refractivity contribution is 9.10. The Hall–Kier alpha value is -1.71. The Labute approximate surface area is 132 Å². The first-order valence-corrected chi connectivity index (χ1v) is 7.65. The van der Waals surface area contributed by atoms with Crippen LogP contribution in [0.15, 0.2) is 53.0 Å². The molecule has 1 aromatic heterocycles. The molecule has 0 spiro atoms. The van der Waals surface area contributed by atoms with Crippen LogP contribution in [0.3, 0.4) is 0 Å². The van der Waals surface area contributed by atoms with E-state index in [1.807, 2.05) is 62.4 Å². The molecule has 106 valence electrons. The summed E-state index contributed by atoms with van der Waals surface area (Å²) in [5, 5.41) is 11.6. The van der Waals surface area contributed by atoms with Crippen molar-refractivity contribution in [3.63, 3.8) is 0 Å². The predicted octanol–water partition coefficient (Wildman–Crippen LogP) is 4.70. The van der Waals surface area contributed by atoms with Crippen LogP contribution in [0.25, 0.3) is 10.9 Å². The number of benzene rings is 2. The van der Waals surface area contributed by atoms with Crippen molar-refractivity contribution >= 4 is 26.8 Å². The molecule has 0 saturated heterocycles. The number of aromatic nitrogens is 1. The quantitative estimate of drug-likeness (QED) is 0.733. The molecule has 0 aliphatic rings. The van der Waals surface area contributed by atoms with Gasteiger partial charge in [0, 0.05) is 15.6 Å². The van der Waals surface area contributed by atoms with Crippen LogP contribution < -0.4 is 0 Å². The summed E-state index contributed by atoms with van der Waals surface area (Å²) < 4.78 is 1.05. The molecule has 3 aromatic rings. The molecule has 3 rings (SSSR count). The number of aliphatic hydroxyl groups is 1. The topological polar surface area (TPSA) is 33.1 Å². The Bertz CT molecular complexity index is 813. The van der Waals surface area contributed by atoms with Crippen molar-refractivity contribution in [1.82, 2.24) is 4.98 Å². The van der Waals surface area contributed by atoms with Crippen LogP contribution in [-0.4, -0.2) is 10.1 Å². The average molecular weight is 342 g/mol. The highest BCUT2D eigenvalue weighted by Gasteiger charge is 2.12. The van der Waals surface area contributed by atoms with E-state index in [4.69, 9.17) is 0 Å². The summed E-state index contributed by atoms with van der Waals surface area (Å²) in [6.45, 7) is 4.00. The number of nitrogens with zero attached hydrogens (tertiary/aromatic N) is 1. The Balaban J connectivity index is 2.02. The lowest BCUT2D eigenvalue weighted by atomic mass is 9.98. The van der Waals surface area contributed by atoms with Gasteiger partial charge in [-0.2, -0.15) is 0 Å². The SMILES string of the molecule is Cc1ccc2cc(C(O)c3ccc(Br)c(C)c3)ccc2n1. The van der Waals surface area contributed by atoms with E-state index in [2.05, 4.69) is 20.9 Å². The van der Waals surface area contributed by atoms with Gasteiger partial charge < -0.3 is 5.11 Å². The molecule has 1 heterocycles. The van der Waals surface area contributed by atoms with E-state index in [9.17, 15) is 5.11 Å². The molecule has 2 aromatic carbocycles. The summed E-state index contributed by atoms with van der Waals surface area (Å²) in [7, 11) is 0. The lowest BCUT2D eigenvalue weighted by molar-refractivity contribution is 0.220. The van der Waals surface area contributed by atoms with Gasteiger partial charge in [-0.1, -0.05) is 40.2 Å². The Morgan fingerprint density at radius 3 is 2.43 bits per heavy atom. The minimum Gasteiger partial charge on any atom is -0.384 e. The maximum atomic E-state index is 10.6. The molecule has 1 atom stereocenters. The second-order valence-corrected chi connectivity index (χ2v) is 6.17. The summed E-state index contributed by atoms with van der Waals surface area (Å²) in [6.07, 6.45) is -0.623. The third-order valence-corrected chi connectivity index (χ3v) is 4.56. The molecule has 0 radical (unpaired) electrons. The number of pyridine rings is 1. The number of halogens is 1. The first kappa shape index (κ1) is 14.2. The molecular weight excluding hydrogens is 326 g/mol. The van der Waals surface area contributed by atoms with Gasteiger partial charge in [0.1, 0.15) is 6.10 Å². The minimum atomic E-state index is -0.623. The minimum absolute atomic E-state index is 0.623. The smallest absolute Gasteiger partial charge is 0.104 e. The fraction of sp³-hybridized carbons (Fsp3) is 0.167. The van der Waals surface area contributed by atoms with E-state index >= 15 is 0 Å². The normalized spacial score (nSPS) is 12.6. The molecule has 0 aliphatic heterocycles. The van der Waals surface area contributed by atoms with Gasteiger partial charge in [0.2, 0.25) is 0 Å². The van der Waals surface area contributed by atoms with E-state index in [1.165, 1.54) is 0 Å². The first-order chi connectivity index (χ1) is 10.0. The number of rotatable bonds is 2. The molecule has 2 nitrogen and oxygen atoms in total. The molecule has 0 bridgehead atoms. The number of hydrogen-bond acceptors (Lipinski definition) is 2. The molecule has 0 aliphatic carbocycles. The lowest BCUT2D eigenvalue weighted by Gasteiger charge is -2.13. The van der Waals surface area contributed by atoms with Gasteiger partial charge in [-0.15, -0.1) is 0 Å². The van der Waals surface area contributed by atoms with Gasteiger partial charge in [-0.05, 0) is 54.8 Å². The molecular formula is C18H16BrNO. The third-order valence-electron chi connectivity index (χ3n) is 3.67. The molecule has 0 amide bonds. The van der Waals surface area contributed by atoms with Gasteiger partial charge in [0.15, 0.2) is 0 Å². The molecule has 1 N–H and O–H groups in total. The van der Waals surface area contributed by atoms with Crippen molar-refractivity contribution in [1.29, 1.82) is 0 Å².